The second-order valence-corrected chi connectivity index (χ2v) is 14.7. The Morgan fingerprint density at radius 1 is 0.462 bits per heavy atom. The third-order valence-electron chi connectivity index (χ3n) is 9.79. The molecule has 0 saturated heterocycles. The highest BCUT2D eigenvalue weighted by molar-refractivity contribution is 5.69. The topological polar surface area (TPSA) is 71.1 Å². The number of hydrogen-bond acceptors (Lipinski definition) is 6. The van der Waals surface area contributed by atoms with E-state index in [0.717, 1.165) is 81.3 Å². The summed E-state index contributed by atoms with van der Waals surface area (Å²) in [5, 5.41) is 0. The summed E-state index contributed by atoms with van der Waals surface area (Å²) in [6.45, 7) is 10.9. The van der Waals surface area contributed by atoms with Crippen molar-refractivity contribution in [1.29, 1.82) is 0 Å². The van der Waals surface area contributed by atoms with Crippen molar-refractivity contribution in [3.05, 3.63) is 30.3 Å². The van der Waals surface area contributed by atoms with Gasteiger partial charge in [-0.3, -0.25) is 9.59 Å². The summed E-state index contributed by atoms with van der Waals surface area (Å²) in [5.41, 5.74) is 1.04. The molecule has 0 fully saturated rings. The highest BCUT2D eigenvalue weighted by atomic mass is 16.5. The minimum Gasteiger partial charge on any atom is -0.490 e. The van der Waals surface area contributed by atoms with Crippen molar-refractivity contribution in [2.75, 3.05) is 26.4 Å². The lowest BCUT2D eigenvalue weighted by molar-refractivity contribution is -0.144. The van der Waals surface area contributed by atoms with Crippen molar-refractivity contribution in [2.45, 2.75) is 206 Å². The lowest BCUT2D eigenvalue weighted by Crippen LogP contribution is -2.05. The molecule has 1 aromatic rings. The van der Waals surface area contributed by atoms with Gasteiger partial charge >= 0.3 is 11.9 Å². The number of hydrogen-bond donors (Lipinski definition) is 0. The zero-order valence-corrected chi connectivity index (χ0v) is 34.0. The molecule has 52 heavy (non-hydrogen) atoms. The lowest BCUT2D eigenvalue weighted by atomic mass is 10.1. The highest BCUT2D eigenvalue weighted by Crippen LogP contribution is 2.29. The largest absolute Gasteiger partial charge is 0.490 e. The maximum absolute atomic E-state index is 11.9. The molecule has 0 atom stereocenters. The van der Waals surface area contributed by atoms with E-state index in [1.165, 1.54) is 116 Å². The van der Waals surface area contributed by atoms with E-state index in [0.29, 0.717) is 39.3 Å². The van der Waals surface area contributed by atoms with Crippen LogP contribution in [0.15, 0.2) is 24.8 Å². The molecule has 0 saturated carbocycles. The summed E-state index contributed by atoms with van der Waals surface area (Å²) in [6.07, 6.45) is 35.8. The van der Waals surface area contributed by atoms with E-state index in [1.54, 1.807) is 0 Å². The van der Waals surface area contributed by atoms with Gasteiger partial charge in [0, 0.05) is 12.8 Å². The Labute approximate surface area is 320 Å². The Morgan fingerprint density at radius 2 is 0.808 bits per heavy atom. The minimum absolute atomic E-state index is 0.0225. The van der Waals surface area contributed by atoms with Crippen molar-refractivity contribution >= 4 is 18.0 Å². The third kappa shape index (κ3) is 30.0. The summed E-state index contributed by atoms with van der Waals surface area (Å²) in [7, 11) is 0. The molecule has 0 aromatic heterocycles. The maximum atomic E-state index is 11.9. The predicted octanol–water partition coefficient (Wildman–Crippen LogP) is 13.9. The minimum atomic E-state index is -0.0230. The van der Waals surface area contributed by atoms with Crippen LogP contribution in [-0.2, 0) is 19.1 Å². The van der Waals surface area contributed by atoms with Crippen molar-refractivity contribution in [3.63, 3.8) is 0 Å². The molecule has 1 aromatic carbocycles. The number of carbonyl (C=O) groups is 2. The number of unbranched alkanes of at least 4 members (excludes halogenated alkanes) is 24. The zero-order chi connectivity index (χ0) is 37.6. The lowest BCUT2D eigenvalue weighted by Gasteiger charge is -2.14. The van der Waals surface area contributed by atoms with Gasteiger partial charge < -0.3 is 18.9 Å². The molecule has 0 aliphatic heterocycles. The van der Waals surface area contributed by atoms with E-state index >= 15 is 0 Å². The fourth-order valence-corrected chi connectivity index (χ4v) is 6.39. The van der Waals surface area contributed by atoms with Gasteiger partial charge in [0.05, 0.1) is 26.4 Å². The van der Waals surface area contributed by atoms with E-state index < -0.39 is 0 Å². The van der Waals surface area contributed by atoms with Gasteiger partial charge in [0.2, 0.25) is 0 Å². The van der Waals surface area contributed by atoms with Gasteiger partial charge in [-0.1, -0.05) is 174 Å². The summed E-state index contributed by atoms with van der Waals surface area (Å²) in [6, 6.07) is 6.07. The molecular formula is C46H80O6. The van der Waals surface area contributed by atoms with Crippen LogP contribution in [0.2, 0.25) is 0 Å². The molecule has 0 aliphatic carbocycles. The fraction of sp³-hybridized carbons (Fsp3) is 0.783. The normalized spacial score (nSPS) is 11.0. The Bertz CT molecular complexity index is 976. The summed E-state index contributed by atoms with van der Waals surface area (Å²) in [4.78, 5) is 23.8. The first-order valence-electron chi connectivity index (χ1n) is 21.9. The molecule has 0 radical (unpaired) electrons. The van der Waals surface area contributed by atoms with Gasteiger partial charge in [-0.15, -0.1) is 0 Å². The highest BCUT2D eigenvalue weighted by Gasteiger charge is 2.08. The smallest absolute Gasteiger partial charge is 0.305 e. The number of benzene rings is 1. The van der Waals surface area contributed by atoms with Crippen LogP contribution < -0.4 is 9.47 Å². The van der Waals surface area contributed by atoms with Crippen molar-refractivity contribution in [2.24, 2.45) is 0 Å². The van der Waals surface area contributed by atoms with Gasteiger partial charge in [-0.2, -0.15) is 0 Å². The summed E-state index contributed by atoms with van der Waals surface area (Å²) in [5.74, 6) is 1.59. The standard InChI is InChI=1S/C46H80O6/c1-4-7-9-11-23-31-39-51-45(47)33-27-21-17-13-15-19-25-29-37-49-43-36-35-42(6-3)41-44(43)50-38-30-26-20-16-14-18-22-28-34-46(48)52-40-32-24-12-10-8-5-2/h6,35-36,41H,3-5,7-34,37-40H2,1-2H3. The number of carbonyl (C=O) groups excluding carboxylic acids is 2. The average Bonchev–Trinajstić information content (AvgIpc) is 3.15. The number of rotatable bonds is 39. The van der Waals surface area contributed by atoms with Crippen LogP contribution in [0.4, 0.5) is 0 Å². The molecule has 6 heteroatoms. The maximum Gasteiger partial charge on any atom is 0.305 e. The molecule has 0 spiro atoms. The monoisotopic (exact) mass is 729 g/mol. The molecular weight excluding hydrogens is 649 g/mol. The average molecular weight is 729 g/mol. The van der Waals surface area contributed by atoms with E-state index in [9.17, 15) is 9.59 Å². The first kappa shape index (κ1) is 47.5. The number of ether oxygens (including phenoxy) is 4. The van der Waals surface area contributed by atoms with Gasteiger partial charge in [0.25, 0.3) is 0 Å². The van der Waals surface area contributed by atoms with Gasteiger partial charge in [-0.05, 0) is 56.2 Å². The zero-order valence-electron chi connectivity index (χ0n) is 34.0. The van der Waals surface area contributed by atoms with Crippen molar-refractivity contribution in [1.82, 2.24) is 0 Å². The summed E-state index contributed by atoms with van der Waals surface area (Å²) < 4.78 is 23.1. The molecule has 0 aliphatic rings. The first-order chi connectivity index (χ1) is 25.6. The first-order valence-corrected chi connectivity index (χ1v) is 21.9. The van der Waals surface area contributed by atoms with Crippen LogP contribution >= 0.6 is 0 Å². The predicted molar refractivity (Wildman–Crippen MR) is 219 cm³/mol. The quantitative estimate of drug-likeness (QED) is 0.0496. The molecule has 0 bridgehead atoms. The fourth-order valence-electron chi connectivity index (χ4n) is 6.39. The van der Waals surface area contributed by atoms with Crippen LogP contribution in [-0.4, -0.2) is 38.4 Å². The van der Waals surface area contributed by atoms with Gasteiger partial charge in [0.1, 0.15) is 0 Å². The van der Waals surface area contributed by atoms with Crippen LogP contribution in [0, 0.1) is 0 Å². The van der Waals surface area contributed by atoms with Gasteiger partial charge in [0.15, 0.2) is 11.5 Å². The molecule has 0 heterocycles. The Kier molecular flexibility index (Phi) is 33.7. The second kappa shape index (κ2) is 36.8. The Morgan fingerprint density at radius 3 is 1.21 bits per heavy atom. The van der Waals surface area contributed by atoms with Gasteiger partial charge in [-0.25, -0.2) is 0 Å². The molecule has 1 rings (SSSR count). The van der Waals surface area contributed by atoms with Crippen molar-refractivity contribution in [3.8, 4) is 11.5 Å². The Balaban J connectivity index is 2.01. The Hall–Kier alpha value is -2.50. The SMILES string of the molecule is C=Cc1ccc(OCCCCCCCCCCC(=O)OCCCCCCCC)c(OCCCCCCCCCCC(=O)OCCCCCCCC)c1. The molecule has 0 unspecified atom stereocenters. The molecule has 0 amide bonds. The van der Waals surface area contributed by atoms with Crippen molar-refractivity contribution < 1.29 is 28.5 Å². The van der Waals surface area contributed by atoms with Crippen LogP contribution in [0.25, 0.3) is 6.08 Å². The molecule has 300 valence electrons. The number of esters is 2. The summed E-state index contributed by atoms with van der Waals surface area (Å²) >= 11 is 0. The van der Waals surface area contributed by atoms with E-state index in [1.807, 2.05) is 24.3 Å². The third-order valence-corrected chi connectivity index (χ3v) is 9.79. The van der Waals surface area contributed by atoms with E-state index in [4.69, 9.17) is 18.9 Å². The van der Waals surface area contributed by atoms with Crippen LogP contribution in [0.3, 0.4) is 0 Å². The second-order valence-electron chi connectivity index (χ2n) is 14.7. The van der Waals surface area contributed by atoms with E-state index in [2.05, 4.69) is 20.4 Å². The van der Waals surface area contributed by atoms with E-state index in [-0.39, 0.29) is 11.9 Å². The van der Waals surface area contributed by atoms with Crippen LogP contribution in [0.5, 0.6) is 11.5 Å². The molecule has 6 nitrogen and oxygen atoms in total. The van der Waals surface area contributed by atoms with Crippen LogP contribution in [0.1, 0.15) is 212 Å². The molecule has 0 N–H and O–H groups in total.